The lowest BCUT2D eigenvalue weighted by Crippen LogP contribution is -2.14. The zero-order valence-corrected chi connectivity index (χ0v) is 25.5. The van der Waals surface area contributed by atoms with Crippen molar-refractivity contribution in [2.75, 3.05) is 25.5 Å². The van der Waals surface area contributed by atoms with Crippen molar-refractivity contribution in [3.8, 4) is 0 Å². The van der Waals surface area contributed by atoms with Crippen molar-refractivity contribution in [3.63, 3.8) is 0 Å². The number of ether oxygens (including phenoxy) is 2. The highest BCUT2D eigenvalue weighted by Crippen LogP contribution is 2.36. The summed E-state index contributed by atoms with van der Waals surface area (Å²) in [4.78, 5) is 24.6. The van der Waals surface area contributed by atoms with E-state index >= 15 is 0 Å². The number of esters is 2. The van der Waals surface area contributed by atoms with E-state index < -0.39 is 7.92 Å². The zero-order valence-electron chi connectivity index (χ0n) is 24.6. The standard InChI is InChI=1S/C32H55O4P.B/c1-3-5-7-9-11-13-15-20-26-35-31(33)24-28-37(30-22-18-17-19-23-30)29-25-32(34)36-27-21-16-14-12-10-8-6-4-2;/h17-19,22-23H,3-16,20-21,24-29H2,1-2H3;. The minimum atomic E-state index is -0.586. The van der Waals surface area contributed by atoms with Crippen LogP contribution in [0, 0.1) is 0 Å². The fourth-order valence-electron chi connectivity index (χ4n) is 4.45. The first kappa shape index (κ1) is 36.7. The normalized spacial score (nSPS) is 10.8. The fraction of sp³-hybridized carbons (Fsp3) is 0.750. The highest BCUT2D eigenvalue weighted by molar-refractivity contribution is 7.65. The molecule has 0 aliphatic rings. The van der Waals surface area contributed by atoms with E-state index in [1.54, 1.807) is 0 Å². The molecule has 1 aromatic carbocycles. The predicted molar refractivity (Wildman–Crippen MR) is 165 cm³/mol. The second-order valence-electron chi connectivity index (χ2n) is 10.2. The largest absolute Gasteiger partial charge is 0.466 e. The van der Waals surface area contributed by atoms with E-state index in [9.17, 15) is 9.59 Å². The molecule has 0 unspecified atom stereocenters. The quantitative estimate of drug-likeness (QED) is 0.0535. The highest BCUT2D eigenvalue weighted by Gasteiger charge is 2.16. The van der Waals surface area contributed by atoms with Crippen LogP contribution in [0.25, 0.3) is 0 Å². The Bertz CT molecular complexity index is 633. The topological polar surface area (TPSA) is 52.6 Å². The number of carbonyl (C=O) groups is 2. The molecule has 1 rings (SSSR count). The van der Waals surface area contributed by atoms with Crippen LogP contribution in [-0.4, -0.2) is 45.9 Å². The molecule has 0 saturated heterocycles. The van der Waals surface area contributed by atoms with E-state index in [-0.39, 0.29) is 20.4 Å². The van der Waals surface area contributed by atoms with E-state index in [0.29, 0.717) is 26.1 Å². The summed E-state index contributed by atoms with van der Waals surface area (Å²) in [6.07, 6.45) is 22.2. The molecule has 38 heavy (non-hydrogen) atoms. The van der Waals surface area contributed by atoms with E-state index in [4.69, 9.17) is 9.47 Å². The summed E-state index contributed by atoms with van der Waals surface area (Å²) in [7, 11) is -0.586. The Hall–Kier alpha value is -1.35. The van der Waals surface area contributed by atoms with Gasteiger partial charge in [-0.05, 0) is 30.5 Å². The lowest BCUT2D eigenvalue weighted by Gasteiger charge is -2.17. The third kappa shape index (κ3) is 21.6. The first-order valence-electron chi connectivity index (χ1n) is 15.3. The minimum Gasteiger partial charge on any atom is -0.466 e. The van der Waals surface area contributed by atoms with Crippen LogP contribution in [0.5, 0.6) is 0 Å². The Labute approximate surface area is 237 Å². The van der Waals surface area contributed by atoms with Crippen molar-refractivity contribution in [1.29, 1.82) is 0 Å². The molecule has 6 heteroatoms. The van der Waals surface area contributed by atoms with Crippen LogP contribution >= 0.6 is 7.92 Å². The van der Waals surface area contributed by atoms with Gasteiger partial charge in [0.1, 0.15) is 0 Å². The second kappa shape index (κ2) is 27.2. The van der Waals surface area contributed by atoms with Gasteiger partial charge < -0.3 is 9.47 Å². The molecule has 1 aromatic rings. The van der Waals surface area contributed by atoms with Gasteiger partial charge in [0, 0.05) is 21.3 Å². The van der Waals surface area contributed by atoms with Gasteiger partial charge in [0.05, 0.1) is 13.2 Å². The first-order valence-corrected chi connectivity index (χ1v) is 17.0. The molecule has 0 amide bonds. The van der Waals surface area contributed by atoms with Crippen molar-refractivity contribution in [2.45, 2.75) is 129 Å². The van der Waals surface area contributed by atoms with Crippen LogP contribution in [0.15, 0.2) is 30.3 Å². The lowest BCUT2D eigenvalue weighted by atomic mass is 10.1. The predicted octanol–water partition coefficient (Wildman–Crippen LogP) is 8.56. The Morgan fingerprint density at radius 3 is 1.34 bits per heavy atom. The summed E-state index contributed by atoms with van der Waals surface area (Å²) in [6, 6.07) is 10.3. The highest BCUT2D eigenvalue weighted by atomic mass is 31.1. The van der Waals surface area contributed by atoms with Crippen molar-refractivity contribution >= 4 is 33.6 Å². The third-order valence-corrected chi connectivity index (χ3v) is 9.37. The van der Waals surface area contributed by atoms with Gasteiger partial charge >= 0.3 is 11.9 Å². The van der Waals surface area contributed by atoms with Crippen LogP contribution < -0.4 is 5.30 Å². The van der Waals surface area contributed by atoms with Gasteiger partial charge in [0.2, 0.25) is 0 Å². The van der Waals surface area contributed by atoms with Crippen LogP contribution in [0.3, 0.4) is 0 Å². The van der Waals surface area contributed by atoms with Crippen LogP contribution in [0.4, 0.5) is 0 Å². The zero-order chi connectivity index (χ0) is 26.8. The molecule has 0 spiro atoms. The molecule has 215 valence electrons. The summed E-state index contributed by atoms with van der Waals surface area (Å²) in [5.74, 6) is -0.215. The number of carbonyl (C=O) groups excluding carboxylic acids is 2. The summed E-state index contributed by atoms with van der Waals surface area (Å²) < 4.78 is 11.0. The van der Waals surface area contributed by atoms with Gasteiger partial charge in [-0.2, -0.15) is 0 Å². The number of unbranched alkanes of at least 4 members (excludes halogenated alkanes) is 14. The number of hydrogen-bond acceptors (Lipinski definition) is 4. The van der Waals surface area contributed by atoms with Gasteiger partial charge in [-0.3, -0.25) is 9.59 Å². The van der Waals surface area contributed by atoms with Crippen molar-refractivity contribution in [1.82, 2.24) is 0 Å². The smallest absolute Gasteiger partial charge is 0.306 e. The van der Waals surface area contributed by atoms with Gasteiger partial charge in [-0.1, -0.05) is 142 Å². The molecule has 0 atom stereocenters. The molecule has 0 aliphatic heterocycles. The van der Waals surface area contributed by atoms with Gasteiger partial charge in [0.15, 0.2) is 0 Å². The van der Waals surface area contributed by atoms with Gasteiger partial charge in [-0.25, -0.2) is 0 Å². The second-order valence-corrected chi connectivity index (χ2v) is 12.7. The molecule has 0 fully saturated rings. The van der Waals surface area contributed by atoms with Crippen LogP contribution in [-0.2, 0) is 19.1 Å². The van der Waals surface area contributed by atoms with E-state index in [1.165, 1.54) is 82.4 Å². The van der Waals surface area contributed by atoms with Gasteiger partial charge in [-0.15, -0.1) is 0 Å². The SMILES string of the molecule is CCCCCCCCCCOC(=O)CCP(CCC(=O)OCCCCCCCCCC)c1ccccc1.[B]. The number of rotatable bonds is 25. The van der Waals surface area contributed by atoms with Crippen LogP contribution in [0.2, 0.25) is 0 Å². The maximum Gasteiger partial charge on any atom is 0.306 e. The molecular formula is C32H55BO4P. The molecule has 0 aromatic heterocycles. The first-order chi connectivity index (χ1) is 18.2. The molecule has 0 heterocycles. The number of hydrogen-bond donors (Lipinski definition) is 0. The van der Waals surface area contributed by atoms with Crippen molar-refractivity contribution in [2.24, 2.45) is 0 Å². The molecule has 0 N–H and O–H groups in total. The van der Waals surface area contributed by atoms with E-state index in [0.717, 1.165) is 38.0 Å². The molecule has 0 bridgehead atoms. The maximum absolute atomic E-state index is 12.3. The van der Waals surface area contributed by atoms with E-state index in [2.05, 4.69) is 26.0 Å². The molecular weight excluding hydrogens is 490 g/mol. The molecule has 0 aliphatic carbocycles. The Balaban J connectivity index is 0.0000137. The molecule has 4 nitrogen and oxygen atoms in total. The summed E-state index contributed by atoms with van der Waals surface area (Å²) in [5.41, 5.74) is 0. The fourth-order valence-corrected chi connectivity index (χ4v) is 6.69. The van der Waals surface area contributed by atoms with E-state index in [1.807, 2.05) is 18.2 Å². The average Bonchev–Trinajstić information content (AvgIpc) is 2.91. The Morgan fingerprint density at radius 1 is 0.579 bits per heavy atom. The lowest BCUT2D eigenvalue weighted by molar-refractivity contribution is -0.144. The molecule has 0 saturated carbocycles. The Morgan fingerprint density at radius 2 is 0.947 bits per heavy atom. The van der Waals surface area contributed by atoms with Crippen LogP contribution in [0.1, 0.15) is 129 Å². The maximum atomic E-state index is 12.3. The summed E-state index contributed by atoms with van der Waals surface area (Å²) in [5, 5.41) is 1.24. The minimum absolute atomic E-state index is 0. The average molecular weight is 546 g/mol. The number of benzene rings is 1. The van der Waals surface area contributed by atoms with Gasteiger partial charge in [0.25, 0.3) is 0 Å². The molecule has 3 radical (unpaired) electrons. The van der Waals surface area contributed by atoms with Crippen molar-refractivity contribution in [3.05, 3.63) is 30.3 Å². The summed E-state index contributed by atoms with van der Waals surface area (Å²) in [6.45, 7) is 5.54. The van der Waals surface area contributed by atoms with Crippen molar-refractivity contribution < 1.29 is 19.1 Å². The third-order valence-electron chi connectivity index (χ3n) is 6.81. The monoisotopic (exact) mass is 545 g/mol. The Kier molecular flexibility index (Phi) is 26.3. The summed E-state index contributed by atoms with van der Waals surface area (Å²) >= 11 is 0.